The summed E-state index contributed by atoms with van der Waals surface area (Å²) >= 11 is 0. The van der Waals surface area contributed by atoms with Crippen molar-refractivity contribution < 1.29 is 13.6 Å². The molecule has 0 unspecified atom stereocenters. The van der Waals surface area contributed by atoms with Gasteiger partial charge < -0.3 is 14.3 Å². The Kier molecular flexibility index (Phi) is 6.30. The third-order valence-electron chi connectivity index (χ3n) is 6.59. The van der Waals surface area contributed by atoms with Gasteiger partial charge in [0.15, 0.2) is 11.5 Å². The molecule has 0 saturated heterocycles. The molecule has 1 fully saturated rings. The third-order valence-corrected chi connectivity index (χ3v) is 6.59. The van der Waals surface area contributed by atoms with E-state index in [1.54, 1.807) is 18.2 Å². The Bertz CT molecular complexity index is 1250. The highest BCUT2D eigenvalue weighted by Crippen LogP contribution is 2.38. The molecule has 0 radical (unpaired) electrons. The topological polar surface area (TPSA) is 60.1 Å². The van der Waals surface area contributed by atoms with Crippen LogP contribution in [-0.2, 0) is 0 Å². The molecule has 4 aromatic rings. The van der Waals surface area contributed by atoms with Gasteiger partial charge in [0, 0.05) is 11.6 Å². The van der Waals surface area contributed by atoms with E-state index in [0.717, 1.165) is 35.4 Å². The maximum absolute atomic E-state index is 13.6. The fourth-order valence-corrected chi connectivity index (χ4v) is 4.74. The lowest BCUT2D eigenvalue weighted by Crippen LogP contribution is -2.26. The Morgan fingerprint density at radius 2 is 1.76 bits per heavy atom. The number of nitrogens with zero attached hydrogens (tertiary/aromatic N) is 2. The molecular formula is C28H28FN3O2. The Morgan fingerprint density at radius 3 is 2.50 bits per heavy atom. The normalized spacial score (nSPS) is 15.2. The van der Waals surface area contributed by atoms with E-state index in [-0.39, 0.29) is 23.5 Å². The summed E-state index contributed by atoms with van der Waals surface area (Å²) in [5, 5.41) is 3.00. The van der Waals surface area contributed by atoms with Gasteiger partial charge in [0.25, 0.3) is 5.91 Å². The number of hydrogen-bond acceptors (Lipinski definition) is 3. The minimum atomic E-state index is -0.290. The molecule has 1 aliphatic carbocycles. The van der Waals surface area contributed by atoms with Crippen LogP contribution in [0.5, 0.6) is 0 Å². The molecular weight excluding hydrogens is 429 g/mol. The van der Waals surface area contributed by atoms with Gasteiger partial charge in [-0.3, -0.25) is 4.79 Å². The zero-order valence-electron chi connectivity index (χ0n) is 19.2. The monoisotopic (exact) mass is 457 g/mol. The van der Waals surface area contributed by atoms with Gasteiger partial charge in [0.1, 0.15) is 11.5 Å². The number of halogens is 1. The predicted octanol–water partition coefficient (Wildman–Crippen LogP) is 6.95. The van der Waals surface area contributed by atoms with E-state index >= 15 is 0 Å². The van der Waals surface area contributed by atoms with Gasteiger partial charge in [-0.2, -0.15) is 0 Å². The lowest BCUT2D eigenvalue weighted by Gasteiger charge is -2.24. The molecule has 0 spiro atoms. The molecule has 2 aromatic carbocycles. The number of furan rings is 1. The highest BCUT2D eigenvalue weighted by Gasteiger charge is 2.25. The molecule has 2 heterocycles. The number of nitrogens with one attached hydrogen (secondary N) is 1. The van der Waals surface area contributed by atoms with Crippen molar-refractivity contribution in [1.29, 1.82) is 0 Å². The first-order valence-electron chi connectivity index (χ1n) is 11.9. The van der Waals surface area contributed by atoms with Gasteiger partial charge in [-0.05, 0) is 61.7 Å². The lowest BCUT2D eigenvalue weighted by atomic mass is 9.95. The summed E-state index contributed by atoms with van der Waals surface area (Å²) in [7, 11) is 0. The number of imidazole rings is 1. The van der Waals surface area contributed by atoms with E-state index in [4.69, 9.17) is 4.42 Å². The van der Waals surface area contributed by atoms with Gasteiger partial charge in [-0.1, -0.05) is 49.6 Å². The number of carbonyl (C=O) groups excluding carboxylic acids is 1. The number of aromatic nitrogens is 2. The van der Waals surface area contributed by atoms with Crippen molar-refractivity contribution in [2.45, 2.75) is 51.1 Å². The third kappa shape index (κ3) is 4.53. The van der Waals surface area contributed by atoms with Gasteiger partial charge in [-0.25, -0.2) is 9.37 Å². The van der Waals surface area contributed by atoms with Crippen molar-refractivity contribution in [2.24, 2.45) is 0 Å². The summed E-state index contributed by atoms with van der Waals surface area (Å²) in [6, 6.07) is 19.8. The van der Waals surface area contributed by atoms with E-state index in [1.165, 1.54) is 31.4 Å². The second kappa shape index (κ2) is 9.67. The van der Waals surface area contributed by atoms with Crippen molar-refractivity contribution in [3.8, 4) is 22.7 Å². The molecule has 1 aliphatic rings. The highest BCUT2D eigenvalue weighted by molar-refractivity contribution is 5.92. The Hall–Kier alpha value is -3.67. The first kappa shape index (κ1) is 22.1. The second-order valence-electron chi connectivity index (χ2n) is 8.92. The first-order valence-corrected chi connectivity index (χ1v) is 11.9. The zero-order valence-corrected chi connectivity index (χ0v) is 19.2. The number of benzene rings is 2. The number of carbonyl (C=O) groups is 1. The van der Waals surface area contributed by atoms with Crippen LogP contribution in [0, 0.1) is 5.82 Å². The molecule has 0 aliphatic heterocycles. The molecule has 1 atom stereocenters. The number of hydrogen-bond donors (Lipinski definition) is 1. The van der Waals surface area contributed by atoms with Gasteiger partial charge in [0.2, 0.25) is 0 Å². The SMILES string of the molecule is C[C@@H](NC(=O)c1ccc(-c2c(-c3ccc(F)cc3)ncn2C2CCCCC2)o1)c1ccccc1. The van der Waals surface area contributed by atoms with E-state index in [9.17, 15) is 9.18 Å². The number of amides is 1. The first-order chi connectivity index (χ1) is 16.6. The van der Waals surface area contributed by atoms with Crippen molar-refractivity contribution in [2.75, 3.05) is 0 Å². The van der Waals surface area contributed by atoms with Gasteiger partial charge in [0.05, 0.1) is 18.1 Å². The van der Waals surface area contributed by atoms with E-state index in [1.807, 2.05) is 49.6 Å². The summed E-state index contributed by atoms with van der Waals surface area (Å²) < 4.78 is 21.8. The molecule has 5 rings (SSSR count). The molecule has 6 heteroatoms. The van der Waals surface area contributed by atoms with E-state index in [2.05, 4.69) is 14.9 Å². The van der Waals surface area contributed by atoms with E-state index in [0.29, 0.717) is 11.8 Å². The molecule has 1 saturated carbocycles. The van der Waals surface area contributed by atoms with E-state index < -0.39 is 0 Å². The van der Waals surface area contributed by atoms with Crippen LogP contribution in [0.4, 0.5) is 4.39 Å². The lowest BCUT2D eigenvalue weighted by molar-refractivity contribution is 0.0912. The minimum absolute atomic E-state index is 0.148. The standard InChI is InChI=1S/C28H28FN3O2/c1-19(20-8-4-2-5-9-20)31-28(33)25-17-16-24(34-25)27-26(21-12-14-22(29)15-13-21)30-18-32(27)23-10-6-3-7-11-23/h2,4-5,8-9,12-19,23H,3,6-7,10-11H2,1H3,(H,31,33)/t19-/m1/s1. The molecule has 1 amide bonds. The quantitative estimate of drug-likeness (QED) is 0.341. The summed E-state index contributed by atoms with van der Waals surface area (Å²) in [6.07, 6.45) is 7.61. The van der Waals surface area contributed by atoms with Crippen LogP contribution in [0.15, 0.2) is 77.5 Å². The molecule has 5 nitrogen and oxygen atoms in total. The predicted molar refractivity (Wildman–Crippen MR) is 130 cm³/mol. The average molecular weight is 458 g/mol. The second-order valence-corrected chi connectivity index (χ2v) is 8.92. The molecule has 34 heavy (non-hydrogen) atoms. The Labute approximate surface area is 198 Å². The van der Waals surface area contributed by atoms with Crippen LogP contribution in [0.3, 0.4) is 0 Å². The van der Waals surface area contributed by atoms with Crippen molar-refractivity contribution in [1.82, 2.24) is 14.9 Å². The Morgan fingerprint density at radius 1 is 1.03 bits per heavy atom. The maximum atomic E-state index is 13.6. The molecule has 174 valence electrons. The fourth-order valence-electron chi connectivity index (χ4n) is 4.74. The molecule has 1 N–H and O–H groups in total. The zero-order chi connectivity index (χ0) is 23.5. The van der Waals surface area contributed by atoms with Crippen LogP contribution in [0.25, 0.3) is 22.7 Å². The van der Waals surface area contributed by atoms with Crippen LogP contribution < -0.4 is 5.32 Å². The minimum Gasteiger partial charge on any atom is -0.449 e. The Balaban J connectivity index is 1.47. The fraction of sp³-hybridized carbons (Fsp3) is 0.286. The summed E-state index contributed by atoms with van der Waals surface area (Å²) in [6.45, 7) is 1.95. The van der Waals surface area contributed by atoms with Crippen molar-refractivity contribution in [3.63, 3.8) is 0 Å². The highest BCUT2D eigenvalue weighted by atomic mass is 19.1. The van der Waals surface area contributed by atoms with Crippen LogP contribution >= 0.6 is 0 Å². The smallest absolute Gasteiger partial charge is 0.287 e. The number of rotatable bonds is 6. The van der Waals surface area contributed by atoms with Crippen LogP contribution in [0.2, 0.25) is 0 Å². The van der Waals surface area contributed by atoms with Crippen molar-refractivity contribution in [3.05, 3.63) is 90.2 Å². The molecule has 0 bridgehead atoms. The van der Waals surface area contributed by atoms with Gasteiger partial charge >= 0.3 is 0 Å². The maximum Gasteiger partial charge on any atom is 0.287 e. The van der Waals surface area contributed by atoms with Gasteiger partial charge in [-0.15, -0.1) is 0 Å². The summed E-state index contributed by atoms with van der Waals surface area (Å²) in [4.78, 5) is 17.6. The largest absolute Gasteiger partial charge is 0.449 e. The van der Waals surface area contributed by atoms with Crippen LogP contribution in [0.1, 0.15) is 67.2 Å². The summed E-state index contributed by atoms with van der Waals surface area (Å²) in [5.41, 5.74) is 3.39. The van der Waals surface area contributed by atoms with Crippen molar-refractivity contribution >= 4 is 5.91 Å². The average Bonchev–Trinajstić information content (AvgIpc) is 3.53. The molecule has 2 aromatic heterocycles. The van der Waals surface area contributed by atoms with Crippen LogP contribution in [-0.4, -0.2) is 15.5 Å². The summed E-state index contributed by atoms with van der Waals surface area (Å²) in [5.74, 6) is 0.273.